The molecule has 2 bridgehead atoms. The summed E-state index contributed by atoms with van der Waals surface area (Å²) in [5, 5.41) is 10.5. The monoisotopic (exact) mass is 304 g/mol. The van der Waals surface area contributed by atoms with Gasteiger partial charge < -0.3 is 15.0 Å². The number of likely N-dealkylation sites (tertiary alicyclic amines) is 1. The molecular formula is C16H24N4O2. The van der Waals surface area contributed by atoms with E-state index in [-0.39, 0.29) is 24.2 Å². The van der Waals surface area contributed by atoms with Crippen LogP contribution in [-0.2, 0) is 4.74 Å². The van der Waals surface area contributed by atoms with Gasteiger partial charge in [-0.3, -0.25) is 5.10 Å². The van der Waals surface area contributed by atoms with Crippen molar-refractivity contribution in [1.82, 2.24) is 20.4 Å². The summed E-state index contributed by atoms with van der Waals surface area (Å²) < 4.78 is 5.84. The summed E-state index contributed by atoms with van der Waals surface area (Å²) >= 11 is 0. The standard InChI is InChI=1S/C16H24N4O2/c1-9-15(10(2)19-18-9)13-4-3-7-20(13)16(21)17-12-8-11-5-6-14(12)22-11/h11-14H,3-8H2,1-2H3,(H,17,21)(H,18,19)/t11-,12-,13-,14-/m1/s1. The fraction of sp³-hybridized carbons (Fsp3) is 0.750. The van der Waals surface area contributed by atoms with Crippen molar-refractivity contribution in [3.8, 4) is 0 Å². The van der Waals surface area contributed by atoms with Crippen molar-refractivity contribution in [3.05, 3.63) is 17.0 Å². The van der Waals surface area contributed by atoms with Crippen molar-refractivity contribution in [1.29, 1.82) is 0 Å². The molecule has 0 unspecified atom stereocenters. The number of aryl methyl sites for hydroxylation is 2. The third-order valence-electron chi connectivity index (χ3n) is 5.45. The van der Waals surface area contributed by atoms with Crippen molar-refractivity contribution in [2.45, 2.75) is 70.2 Å². The highest BCUT2D eigenvalue weighted by Gasteiger charge is 2.43. The van der Waals surface area contributed by atoms with Gasteiger partial charge in [0.1, 0.15) is 0 Å². The van der Waals surface area contributed by atoms with E-state index in [9.17, 15) is 4.79 Å². The summed E-state index contributed by atoms with van der Waals surface area (Å²) in [6.07, 6.45) is 5.86. The highest BCUT2D eigenvalue weighted by Crippen LogP contribution is 2.37. The maximum absolute atomic E-state index is 12.7. The van der Waals surface area contributed by atoms with Gasteiger partial charge in [0.05, 0.1) is 30.0 Å². The topological polar surface area (TPSA) is 70.2 Å². The maximum Gasteiger partial charge on any atom is 0.318 e. The van der Waals surface area contributed by atoms with Crippen LogP contribution in [0.3, 0.4) is 0 Å². The summed E-state index contributed by atoms with van der Waals surface area (Å²) in [4.78, 5) is 14.7. The van der Waals surface area contributed by atoms with E-state index in [1.165, 1.54) is 5.56 Å². The zero-order valence-corrected chi connectivity index (χ0v) is 13.3. The molecule has 4 atom stereocenters. The van der Waals surface area contributed by atoms with Crippen LogP contribution in [0.25, 0.3) is 0 Å². The van der Waals surface area contributed by atoms with E-state index in [2.05, 4.69) is 15.5 Å². The van der Waals surface area contributed by atoms with Gasteiger partial charge in [0.15, 0.2) is 0 Å². The Morgan fingerprint density at radius 2 is 2.23 bits per heavy atom. The molecule has 1 aromatic rings. The molecule has 4 heterocycles. The molecule has 0 spiro atoms. The third-order valence-corrected chi connectivity index (χ3v) is 5.45. The number of aromatic nitrogens is 2. The molecule has 0 saturated carbocycles. The lowest BCUT2D eigenvalue weighted by molar-refractivity contribution is 0.0968. The first kappa shape index (κ1) is 14.1. The number of H-pyrrole nitrogens is 1. The number of rotatable bonds is 2. The van der Waals surface area contributed by atoms with Crippen LogP contribution in [0.2, 0.25) is 0 Å². The van der Waals surface area contributed by atoms with Gasteiger partial charge in [-0.2, -0.15) is 5.10 Å². The molecule has 4 rings (SSSR count). The van der Waals surface area contributed by atoms with Gasteiger partial charge in [-0.15, -0.1) is 0 Å². The Kier molecular flexibility index (Phi) is 3.36. The van der Waals surface area contributed by atoms with Crippen LogP contribution in [0.4, 0.5) is 4.79 Å². The predicted octanol–water partition coefficient (Wildman–Crippen LogP) is 2.19. The van der Waals surface area contributed by atoms with Crippen LogP contribution in [0.5, 0.6) is 0 Å². The minimum absolute atomic E-state index is 0.0589. The molecule has 22 heavy (non-hydrogen) atoms. The van der Waals surface area contributed by atoms with E-state index < -0.39 is 0 Å². The van der Waals surface area contributed by atoms with E-state index in [0.717, 1.165) is 50.0 Å². The summed E-state index contributed by atoms with van der Waals surface area (Å²) in [6, 6.07) is 0.404. The smallest absolute Gasteiger partial charge is 0.318 e. The van der Waals surface area contributed by atoms with Gasteiger partial charge in [-0.05, 0) is 46.0 Å². The van der Waals surface area contributed by atoms with Crippen molar-refractivity contribution in [2.75, 3.05) is 6.54 Å². The molecule has 3 aliphatic rings. The summed E-state index contributed by atoms with van der Waals surface area (Å²) in [5.41, 5.74) is 3.27. The molecule has 2 N–H and O–H groups in total. The van der Waals surface area contributed by atoms with Crippen LogP contribution in [0.1, 0.15) is 55.1 Å². The number of nitrogens with one attached hydrogen (secondary N) is 2. The van der Waals surface area contributed by atoms with Crippen LogP contribution < -0.4 is 5.32 Å². The molecule has 3 saturated heterocycles. The molecule has 120 valence electrons. The second-order valence-electron chi connectivity index (χ2n) is 6.86. The van der Waals surface area contributed by atoms with Gasteiger partial charge >= 0.3 is 6.03 Å². The summed E-state index contributed by atoms with van der Waals surface area (Å²) in [7, 11) is 0. The molecule has 3 aliphatic heterocycles. The minimum Gasteiger partial charge on any atom is -0.373 e. The highest BCUT2D eigenvalue weighted by atomic mass is 16.5. The number of ether oxygens (including phenoxy) is 1. The average molecular weight is 304 g/mol. The summed E-state index contributed by atoms with van der Waals surface area (Å²) in [5.74, 6) is 0. The first-order valence-corrected chi connectivity index (χ1v) is 8.37. The van der Waals surface area contributed by atoms with E-state index in [1.54, 1.807) is 0 Å². The van der Waals surface area contributed by atoms with Crippen LogP contribution in [0.15, 0.2) is 0 Å². The van der Waals surface area contributed by atoms with Crippen LogP contribution in [-0.4, -0.2) is 45.9 Å². The van der Waals surface area contributed by atoms with Gasteiger partial charge in [-0.1, -0.05) is 0 Å². The van der Waals surface area contributed by atoms with E-state index >= 15 is 0 Å². The molecule has 3 fully saturated rings. The zero-order valence-electron chi connectivity index (χ0n) is 13.3. The van der Waals surface area contributed by atoms with Crippen LogP contribution >= 0.6 is 0 Å². The van der Waals surface area contributed by atoms with Crippen molar-refractivity contribution in [3.63, 3.8) is 0 Å². The highest BCUT2D eigenvalue weighted by molar-refractivity contribution is 5.75. The lowest BCUT2D eigenvalue weighted by Gasteiger charge is -2.29. The number of hydrogen-bond acceptors (Lipinski definition) is 3. The number of carbonyl (C=O) groups is 1. The quantitative estimate of drug-likeness (QED) is 0.880. The lowest BCUT2D eigenvalue weighted by atomic mass is 9.95. The first-order valence-electron chi connectivity index (χ1n) is 8.37. The molecule has 1 aromatic heterocycles. The fourth-order valence-corrected chi connectivity index (χ4v) is 4.39. The second kappa shape index (κ2) is 5.26. The number of nitrogens with zero attached hydrogens (tertiary/aromatic N) is 2. The van der Waals surface area contributed by atoms with Gasteiger partial charge in [0, 0.05) is 17.8 Å². The number of urea groups is 1. The largest absolute Gasteiger partial charge is 0.373 e. The van der Waals surface area contributed by atoms with E-state index in [0.29, 0.717) is 6.10 Å². The van der Waals surface area contributed by atoms with Crippen molar-refractivity contribution in [2.24, 2.45) is 0 Å². The Labute approximate surface area is 130 Å². The van der Waals surface area contributed by atoms with E-state index in [4.69, 9.17) is 4.74 Å². The predicted molar refractivity (Wildman–Crippen MR) is 81.6 cm³/mol. The second-order valence-corrected chi connectivity index (χ2v) is 6.86. The van der Waals surface area contributed by atoms with Crippen molar-refractivity contribution >= 4 is 6.03 Å². The van der Waals surface area contributed by atoms with Gasteiger partial charge in [0.25, 0.3) is 0 Å². The third kappa shape index (κ3) is 2.20. The molecular weight excluding hydrogens is 280 g/mol. The number of fused-ring (bicyclic) bond motifs is 2. The maximum atomic E-state index is 12.7. The Bertz CT molecular complexity index is 565. The molecule has 2 amide bonds. The molecule has 6 nitrogen and oxygen atoms in total. The van der Waals surface area contributed by atoms with Crippen LogP contribution in [0, 0.1) is 13.8 Å². The molecule has 6 heteroatoms. The molecule has 0 aromatic carbocycles. The zero-order chi connectivity index (χ0) is 15.3. The molecule has 0 radical (unpaired) electrons. The SMILES string of the molecule is Cc1n[nH]c(C)c1[C@H]1CCCN1C(=O)N[C@@H]1C[C@H]2CC[C@H]1O2. The summed E-state index contributed by atoms with van der Waals surface area (Å²) in [6.45, 7) is 4.87. The first-order chi connectivity index (χ1) is 10.6. The Balaban J connectivity index is 1.48. The lowest BCUT2D eigenvalue weighted by Crippen LogP contribution is -2.48. The normalized spacial score (nSPS) is 33.6. The fourth-order valence-electron chi connectivity index (χ4n) is 4.39. The average Bonchev–Trinajstić information content (AvgIpc) is 3.23. The number of aromatic amines is 1. The van der Waals surface area contributed by atoms with Gasteiger partial charge in [0.2, 0.25) is 0 Å². The Morgan fingerprint density at radius 1 is 1.36 bits per heavy atom. The van der Waals surface area contributed by atoms with E-state index in [1.807, 2.05) is 18.7 Å². The minimum atomic E-state index is 0.0589. The number of carbonyl (C=O) groups excluding carboxylic acids is 1. The van der Waals surface area contributed by atoms with Gasteiger partial charge in [-0.25, -0.2) is 4.79 Å². The molecule has 0 aliphatic carbocycles. The number of amides is 2. The number of hydrogen-bond donors (Lipinski definition) is 2. The Hall–Kier alpha value is -1.56. The van der Waals surface area contributed by atoms with Crippen molar-refractivity contribution < 1.29 is 9.53 Å². The Morgan fingerprint density at radius 3 is 2.86 bits per heavy atom.